The third kappa shape index (κ3) is 8.65. The second-order valence-corrected chi connectivity index (χ2v) is 10.7. The number of halogens is 3. The van der Waals surface area contributed by atoms with Crippen LogP contribution in [0, 0.1) is 18.3 Å². The molecule has 0 saturated heterocycles. The maximum atomic E-state index is 14.0. The van der Waals surface area contributed by atoms with Gasteiger partial charge in [-0.05, 0) is 74.8 Å². The Hall–Kier alpha value is -4.71. The fraction of sp³-hybridized carbons (Fsp3) is 0.290. The minimum absolute atomic E-state index is 0.0304. The fourth-order valence-corrected chi connectivity index (χ4v) is 4.72. The van der Waals surface area contributed by atoms with Crippen molar-refractivity contribution in [2.24, 2.45) is 5.92 Å². The minimum atomic E-state index is -4.68. The molecule has 0 unspecified atom stereocenters. The molecule has 2 aromatic carbocycles. The molecule has 2 heterocycles. The molecular weight excluding hydrogens is 557 g/mol. The van der Waals surface area contributed by atoms with E-state index in [2.05, 4.69) is 30.6 Å². The molecule has 0 aliphatic carbocycles. The lowest BCUT2D eigenvalue weighted by atomic mass is 9.94. The van der Waals surface area contributed by atoms with Gasteiger partial charge in [-0.2, -0.15) is 13.2 Å². The summed E-state index contributed by atoms with van der Waals surface area (Å²) < 4.78 is 42.0. The summed E-state index contributed by atoms with van der Waals surface area (Å²) in [7, 11) is 3.82. The monoisotopic (exact) mass is 590 g/mol. The molecule has 4 rings (SSSR count). The molecule has 0 saturated carbocycles. The number of carbonyl (C=O) groups excluding carboxylic acids is 1. The Bertz CT molecular complexity index is 1590. The molecule has 0 aliphatic heterocycles. The van der Waals surface area contributed by atoms with Gasteiger partial charge in [0.1, 0.15) is 6.33 Å². The van der Waals surface area contributed by atoms with Crippen LogP contribution in [0.1, 0.15) is 40.4 Å². The number of hydrogen-bond acceptors (Lipinski definition) is 8. The van der Waals surface area contributed by atoms with Crippen LogP contribution < -0.4 is 10.6 Å². The third-order valence-corrected chi connectivity index (χ3v) is 6.61. The summed E-state index contributed by atoms with van der Waals surface area (Å²) in [5.41, 5.74) is 2.26. The minimum Gasteiger partial charge on any atom is -0.324 e. The standard InChI is InChI=1S/C31H33F3N8O/c1-19(17-42(3)4)11-24(35)12-21-6-7-22(13-26(21)31(32,33)34)29(43)39-25-8-5-20(2)28(14-25)41-30-38-10-9-27(40-30)23-15-36-18-37-16-23/h5-10,13-16,18-19,35H,11-12,17H2,1-4H3,(H,39,43)(H,38,40,41)/t19-/m1/s1. The van der Waals surface area contributed by atoms with Crippen molar-refractivity contribution in [1.29, 1.82) is 5.41 Å². The van der Waals surface area contributed by atoms with Gasteiger partial charge < -0.3 is 20.9 Å². The Morgan fingerprint density at radius 1 is 1.07 bits per heavy atom. The Kier molecular flexibility index (Phi) is 9.81. The van der Waals surface area contributed by atoms with Gasteiger partial charge in [0.05, 0.1) is 11.3 Å². The number of hydrogen-bond donors (Lipinski definition) is 3. The fourth-order valence-electron chi connectivity index (χ4n) is 4.72. The lowest BCUT2D eigenvalue weighted by Gasteiger charge is -2.19. The van der Waals surface area contributed by atoms with E-state index < -0.39 is 17.6 Å². The number of aryl methyl sites for hydroxylation is 1. The van der Waals surface area contributed by atoms with Crippen LogP contribution in [0.2, 0.25) is 0 Å². The quantitative estimate of drug-likeness (QED) is 0.173. The molecule has 224 valence electrons. The molecule has 0 radical (unpaired) electrons. The predicted molar refractivity (Wildman–Crippen MR) is 161 cm³/mol. The van der Waals surface area contributed by atoms with E-state index in [4.69, 9.17) is 5.41 Å². The van der Waals surface area contributed by atoms with Crippen LogP contribution in [0.3, 0.4) is 0 Å². The van der Waals surface area contributed by atoms with E-state index in [0.29, 0.717) is 35.0 Å². The molecule has 4 aromatic rings. The number of amides is 1. The van der Waals surface area contributed by atoms with E-state index in [9.17, 15) is 18.0 Å². The van der Waals surface area contributed by atoms with Crippen molar-refractivity contribution < 1.29 is 18.0 Å². The topological polar surface area (TPSA) is 120 Å². The highest BCUT2D eigenvalue weighted by Crippen LogP contribution is 2.34. The molecule has 1 atom stereocenters. The number of rotatable bonds is 11. The summed E-state index contributed by atoms with van der Waals surface area (Å²) in [4.78, 5) is 31.8. The van der Waals surface area contributed by atoms with Crippen molar-refractivity contribution in [2.45, 2.75) is 32.9 Å². The Morgan fingerprint density at radius 3 is 2.51 bits per heavy atom. The van der Waals surface area contributed by atoms with E-state index in [1.807, 2.05) is 32.8 Å². The van der Waals surface area contributed by atoms with E-state index in [-0.39, 0.29) is 29.2 Å². The van der Waals surface area contributed by atoms with Gasteiger partial charge in [0, 0.05) is 59.8 Å². The van der Waals surface area contributed by atoms with Crippen LogP contribution in [0.4, 0.5) is 30.5 Å². The van der Waals surface area contributed by atoms with Crippen molar-refractivity contribution in [3.05, 3.63) is 89.6 Å². The number of alkyl halides is 3. The van der Waals surface area contributed by atoms with Gasteiger partial charge >= 0.3 is 6.18 Å². The van der Waals surface area contributed by atoms with Gasteiger partial charge in [-0.25, -0.2) is 19.9 Å². The first-order valence-corrected chi connectivity index (χ1v) is 13.6. The molecule has 2 aromatic heterocycles. The Labute approximate surface area is 248 Å². The molecular formula is C31H33F3N8O. The van der Waals surface area contributed by atoms with E-state index >= 15 is 0 Å². The van der Waals surface area contributed by atoms with E-state index in [1.165, 1.54) is 18.5 Å². The average Bonchev–Trinajstić information content (AvgIpc) is 2.94. The summed E-state index contributed by atoms with van der Waals surface area (Å²) in [6.07, 6.45) is 1.85. The highest BCUT2D eigenvalue weighted by atomic mass is 19.4. The van der Waals surface area contributed by atoms with Gasteiger partial charge in [0.15, 0.2) is 0 Å². The number of anilines is 3. The lowest BCUT2D eigenvalue weighted by Crippen LogP contribution is -2.22. The molecule has 12 heteroatoms. The van der Waals surface area contributed by atoms with Crippen LogP contribution in [0.15, 0.2) is 67.4 Å². The van der Waals surface area contributed by atoms with Crippen LogP contribution >= 0.6 is 0 Å². The first kappa shape index (κ1) is 31.2. The summed E-state index contributed by atoms with van der Waals surface area (Å²) in [6.45, 7) is 4.55. The van der Waals surface area contributed by atoms with Crippen molar-refractivity contribution >= 4 is 28.9 Å². The lowest BCUT2D eigenvalue weighted by molar-refractivity contribution is -0.138. The summed E-state index contributed by atoms with van der Waals surface area (Å²) in [5.74, 6) is -0.256. The van der Waals surface area contributed by atoms with Crippen molar-refractivity contribution in [3.8, 4) is 11.3 Å². The van der Waals surface area contributed by atoms with Gasteiger partial charge in [-0.1, -0.05) is 19.1 Å². The van der Waals surface area contributed by atoms with Crippen LogP contribution in [-0.2, 0) is 12.6 Å². The first-order chi connectivity index (χ1) is 20.4. The zero-order valence-electron chi connectivity index (χ0n) is 24.3. The van der Waals surface area contributed by atoms with Gasteiger partial charge in [0.25, 0.3) is 5.91 Å². The number of nitrogens with one attached hydrogen (secondary N) is 3. The zero-order chi connectivity index (χ0) is 31.1. The summed E-state index contributed by atoms with van der Waals surface area (Å²) in [5, 5.41) is 14.1. The molecule has 3 N–H and O–H groups in total. The Balaban J connectivity index is 1.50. The maximum absolute atomic E-state index is 14.0. The van der Waals surface area contributed by atoms with Crippen LogP contribution in [0.25, 0.3) is 11.3 Å². The molecule has 0 aliphatic rings. The molecule has 0 bridgehead atoms. The van der Waals surface area contributed by atoms with Crippen molar-refractivity contribution in [3.63, 3.8) is 0 Å². The van der Waals surface area contributed by atoms with Crippen LogP contribution in [0.5, 0.6) is 0 Å². The second-order valence-electron chi connectivity index (χ2n) is 10.7. The zero-order valence-corrected chi connectivity index (χ0v) is 24.3. The van der Waals surface area contributed by atoms with Gasteiger partial charge in [0.2, 0.25) is 5.95 Å². The first-order valence-electron chi connectivity index (χ1n) is 13.6. The highest BCUT2D eigenvalue weighted by molar-refractivity contribution is 6.04. The second kappa shape index (κ2) is 13.5. The average molecular weight is 591 g/mol. The van der Waals surface area contributed by atoms with Gasteiger partial charge in [-0.15, -0.1) is 0 Å². The van der Waals surface area contributed by atoms with Crippen LogP contribution in [-0.4, -0.2) is 57.1 Å². The van der Waals surface area contributed by atoms with E-state index in [1.54, 1.807) is 42.9 Å². The van der Waals surface area contributed by atoms with Crippen molar-refractivity contribution in [2.75, 3.05) is 31.3 Å². The number of carbonyl (C=O) groups is 1. The van der Waals surface area contributed by atoms with E-state index in [0.717, 1.165) is 18.2 Å². The normalized spacial score (nSPS) is 12.2. The maximum Gasteiger partial charge on any atom is 0.416 e. The van der Waals surface area contributed by atoms with Crippen molar-refractivity contribution in [1.82, 2.24) is 24.8 Å². The molecule has 9 nitrogen and oxygen atoms in total. The number of benzene rings is 2. The number of nitrogens with zero attached hydrogens (tertiary/aromatic N) is 5. The predicted octanol–water partition coefficient (Wildman–Crippen LogP) is 6.41. The van der Waals surface area contributed by atoms with Gasteiger partial charge in [-0.3, -0.25) is 4.79 Å². The third-order valence-electron chi connectivity index (χ3n) is 6.61. The molecule has 0 fully saturated rings. The number of aromatic nitrogens is 4. The SMILES string of the molecule is Cc1ccc(NC(=O)c2ccc(CC(=N)C[C@@H](C)CN(C)C)c(C(F)(F)F)c2)cc1Nc1nccc(-c2cncnc2)n1. The molecule has 43 heavy (non-hydrogen) atoms. The molecule has 0 spiro atoms. The smallest absolute Gasteiger partial charge is 0.324 e. The largest absolute Gasteiger partial charge is 0.416 e. The molecule has 1 amide bonds. The summed E-state index contributed by atoms with van der Waals surface area (Å²) >= 11 is 0. The Morgan fingerprint density at radius 2 is 1.81 bits per heavy atom. The summed E-state index contributed by atoms with van der Waals surface area (Å²) in [6, 6.07) is 10.3. The highest BCUT2D eigenvalue weighted by Gasteiger charge is 2.34.